The van der Waals surface area contributed by atoms with Crippen LogP contribution in [0.5, 0.6) is 5.75 Å². The number of benzene rings is 1. The van der Waals surface area contributed by atoms with Gasteiger partial charge >= 0.3 is 5.97 Å². The molecular weight excluding hydrogens is 252 g/mol. The van der Waals surface area contributed by atoms with Crippen molar-refractivity contribution >= 4 is 12.3 Å². The highest BCUT2D eigenvalue weighted by Crippen LogP contribution is 2.20. The predicted octanol–water partition coefficient (Wildman–Crippen LogP) is 4.18. The smallest absolute Gasteiger partial charge is 0.314 e. The van der Waals surface area contributed by atoms with Crippen molar-refractivity contribution in [3.8, 4) is 5.75 Å². The molecule has 0 bridgehead atoms. The monoisotopic (exact) mass is 274 g/mol. The topological polar surface area (TPSA) is 43.4 Å². The van der Waals surface area contributed by atoms with Crippen LogP contribution in [0.25, 0.3) is 0 Å². The molecule has 20 heavy (non-hydrogen) atoms. The third-order valence-electron chi connectivity index (χ3n) is 3.39. The Labute approximate surface area is 120 Å². The Morgan fingerprint density at radius 3 is 2.60 bits per heavy atom. The second kappa shape index (κ2) is 8.31. The van der Waals surface area contributed by atoms with E-state index in [1.54, 1.807) is 24.3 Å². The van der Waals surface area contributed by atoms with Crippen molar-refractivity contribution < 1.29 is 14.3 Å². The number of esters is 1. The number of hydrogen-bond acceptors (Lipinski definition) is 3. The van der Waals surface area contributed by atoms with Crippen LogP contribution >= 0.6 is 0 Å². The Balaban J connectivity index is 2.75. The van der Waals surface area contributed by atoms with E-state index in [2.05, 4.69) is 19.9 Å². The SMILES string of the molecule is CC/C(C)=C\CC(CC)C(=O)Oc1ccccc1C=O. The Morgan fingerprint density at radius 1 is 1.30 bits per heavy atom. The number of ether oxygens (including phenoxy) is 1. The van der Waals surface area contributed by atoms with Gasteiger partial charge in [0, 0.05) is 0 Å². The Kier molecular flexibility index (Phi) is 6.71. The highest BCUT2D eigenvalue weighted by Gasteiger charge is 2.18. The van der Waals surface area contributed by atoms with Gasteiger partial charge < -0.3 is 4.74 Å². The Hall–Kier alpha value is -1.90. The van der Waals surface area contributed by atoms with Gasteiger partial charge in [0.2, 0.25) is 0 Å². The lowest BCUT2D eigenvalue weighted by Gasteiger charge is -2.13. The summed E-state index contributed by atoms with van der Waals surface area (Å²) in [5.74, 6) is -0.111. The molecule has 0 saturated heterocycles. The molecule has 0 aromatic heterocycles. The first-order chi connectivity index (χ1) is 9.62. The lowest BCUT2D eigenvalue weighted by molar-refractivity contribution is -0.138. The van der Waals surface area contributed by atoms with Crippen LogP contribution in [0.4, 0.5) is 0 Å². The zero-order chi connectivity index (χ0) is 15.0. The van der Waals surface area contributed by atoms with Gasteiger partial charge in [-0.15, -0.1) is 0 Å². The standard InChI is InChI=1S/C17H22O3/c1-4-13(3)10-11-14(5-2)17(19)20-16-9-7-6-8-15(16)12-18/h6-10,12,14H,4-5,11H2,1-3H3/b13-10-. The second-order valence-corrected chi connectivity index (χ2v) is 4.82. The third-order valence-corrected chi connectivity index (χ3v) is 3.39. The zero-order valence-corrected chi connectivity index (χ0v) is 12.4. The molecule has 0 spiro atoms. The average Bonchev–Trinajstić information content (AvgIpc) is 2.48. The minimum Gasteiger partial charge on any atom is -0.426 e. The summed E-state index contributed by atoms with van der Waals surface area (Å²) >= 11 is 0. The van der Waals surface area contributed by atoms with Crippen LogP contribution in [-0.4, -0.2) is 12.3 Å². The average molecular weight is 274 g/mol. The summed E-state index contributed by atoms with van der Waals surface area (Å²) in [5, 5.41) is 0. The van der Waals surface area contributed by atoms with Crippen LogP contribution in [0, 0.1) is 5.92 Å². The summed E-state index contributed by atoms with van der Waals surface area (Å²) in [5.41, 5.74) is 1.67. The van der Waals surface area contributed by atoms with Crippen molar-refractivity contribution in [1.29, 1.82) is 0 Å². The van der Waals surface area contributed by atoms with Crippen LogP contribution in [0.2, 0.25) is 0 Å². The number of carbonyl (C=O) groups is 2. The minimum absolute atomic E-state index is 0.170. The predicted molar refractivity (Wildman–Crippen MR) is 79.9 cm³/mol. The molecule has 3 heteroatoms. The van der Waals surface area contributed by atoms with Crippen LogP contribution in [-0.2, 0) is 4.79 Å². The van der Waals surface area contributed by atoms with Crippen LogP contribution < -0.4 is 4.74 Å². The molecule has 1 rings (SSSR count). The molecule has 1 unspecified atom stereocenters. The molecule has 0 aliphatic heterocycles. The molecule has 0 fully saturated rings. The van der Waals surface area contributed by atoms with E-state index in [-0.39, 0.29) is 11.9 Å². The molecule has 1 aromatic rings. The normalized spacial score (nSPS) is 12.8. The van der Waals surface area contributed by atoms with Gasteiger partial charge in [-0.25, -0.2) is 0 Å². The molecule has 0 N–H and O–H groups in total. The van der Waals surface area contributed by atoms with Crippen molar-refractivity contribution in [3.05, 3.63) is 41.5 Å². The number of allylic oxidation sites excluding steroid dienone is 2. The van der Waals surface area contributed by atoms with E-state index >= 15 is 0 Å². The number of hydrogen-bond donors (Lipinski definition) is 0. The summed E-state index contributed by atoms with van der Waals surface area (Å²) < 4.78 is 5.36. The van der Waals surface area contributed by atoms with Gasteiger partial charge in [-0.2, -0.15) is 0 Å². The van der Waals surface area contributed by atoms with Gasteiger partial charge in [0.1, 0.15) is 5.75 Å². The van der Waals surface area contributed by atoms with E-state index in [9.17, 15) is 9.59 Å². The Bertz CT molecular complexity index is 489. The number of aldehydes is 1. The van der Waals surface area contributed by atoms with E-state index in [1.165, 1.54) is 5.57 Å². The molecule has 1 atom stereocenters. The van der Waals surface area contributed by atoms with Crippen LogP contribution in [0.3, 0.4) is 0 Å². The fraction of sp³-hybridized carbons (Fsp3) is 0.412. The highest BCUT2D eigenvalue weighted by atomic mass is 16.5. The summed E-state index contributed by atoms with van der Waals surface area (Å²) in [7, 11) is 0. The summed E-state index contributed by atoms with van der Waals surface area (Å²) in [6.45, 7) is 6.11. The maximum atomic E-state index is 12.1. The quantitative estimate of drug-likeness (QED) is 0.324. The molecule has 0 radical (unpaired) electrons. The molecule has 0 amide bonds. The molecule has 1 aromatic carbocycles. The largest absolute Gasteiger partial charge is 0.426 e. The van der Waals surface area contributed by atoms with Crippen LogP contribution in [0.1, 0.15) is 50.4 Å². The van der Waals surface area contributed by atoms with Gasteiger partial charge in [0.05, 0.1) is 11.5 Å². The summed E-state index contributed by atoms with van der Waals surface area (Å²) in [6.07, 6.45) is 5.17. The van der Waals surface area contributed by atoms with Gasteiger partial charge in [0.25, 0.3) is 0 Å². The molecular formula is C17H22O3. The van der Waals surface area contributed by atoms with E-state index in [0.717, 1.165) is 12.8 Å². The van der Waals surface area contributed by atoms with Gasteiger partial charge in [-0.3, -0.25) is 9.59 Å². The molecule has 0 saturated carbocycles. The minimum atomic E-state index is -0.276. The zero-order valence-electron chi connectivity index (χ0n) is 12.4. The van der Waals surface area contributed by atoms with Gasteiger partial charge in [-0.1, -0.05) is 37.6 Å². The van der Waals surface area contributed by atoms with Crippen molar-refractivity contribution in [1.82, 2.24) is 0 Å². The van der Waals surface area contributed by atoms with Gasteiger partial charge in [-0.05, 0) is 38.3 Å². The number of rotatable bonds is 7. The van der Waals surface area contributed by atoms with E-state index in [1.807, 2.05) is 6.92 Å². The lowest BCUT2D eigenvalue weighted by atomic mass is 10.0. The molecule has 0 aliphatic carbocycles. The Morgan fingerprint density at radius 2 is 2.00 bits per heavy atom. The van der Waals surface area contributed by atoms with Crippen molar-refractivity contribution in [2.45, 2.75) is 40.0 Å². The van der Waals surface area contributed by atoms with E-state index in [0.29, 0.717) is 24.0 Å². The maximum Gasteiger partial charge on any atom is 0.314 e. The van der Waals surface area contributed by atoms with Crippen molar-refractivity contribution in [2.75, 3.05) is 0 Å². The van der Waals surface area contributed by atoms with E-state index < -0.39 is 0 Å². The molecule has 3 nitrogen and oxygen atoms in total. The number of carbonyl (C=O) groups excluding carboxylic acids is 2. The van der Waals surface area contributed by atoms with Crippen LogP contribution in [0.15, 0.2) is 35.9 Å². The fourth-order valence-corrected chi connectivity index (χ4v) is 1.78. The first-order valence-electron chi connectivity index (χ1n) is 7.03. The van der Waals surface area contributed by atoms with E-state index in [4.69, 9.17) is 4.74 Å². The highest BCUT2D eigenvalue weighted by molar-refractivity contribution is 5.83. The molecule has 0 aliphatic rings. The molecule has 108 valence electrons. The molecule has 0 heterocycles. The first-order valence-corrected chi connectivity index (χ1v) is 7.03. The second-order valence-electron chi connectivity index (χ2n) is 4.82. The summed E-state index contributed by atoms with van der Waals surface area (Å²) in [6, 6.07) is 6.77. The lowest BCUT2D eigenvalue weighted by Crippen LogP contribution is -2.20. The van der Waals surface area contributed by atoms with Gasteiger partial charge in [0.15, 0.2) is 6.29 Å². The third kappa shape index (κ3) is 4.65. The first kappa shape index (κ1) is 16.2. The summed E-state index contributed by atoms with van der Waals surface area (Å²) in [4.78, 5) is 23.0. The van der Waals surface area contributed by atoms with Crippen molar-refractivity contribution in [2.24, 2.45) is 5.92 Å². The maximum absolute atomic E-state index is 12.1. The van der Waals surface area contributed by atoms with Crippen molar-refractivity contribution in [3.63, 3.8) is 0 Å². The number of para-hydroxylation sites is 1. The fourth-order valence-electron chi connectivity index (χ4n) is 1.78.